The van der Waals surface area contributed by atoms with E-state index in [4.69, 9.17) is 14.2 Å². The Morgan fingerprint density at radius 2 is 1.94 bits per heavy atom. The van der Waals surface area contributed by atoms with Crippen LogP contribution in [0.2, 0.25) is 0 Å². The molecule has 1 aromatic carbocycles. The molecule has 4 nitrogen and oxygen atoms in total. The lowest BCUT2D eigenvalue weighted by atomic mass is 10.3. The summed E-state index contributed by atoms with van der Waals surface area (Å²) in [6, 6.07) is 7.22. The van der Waals surface area contributed by atoms with Gasteiger partial charge in [-0.3, -0.25) is 0 Å². The van der Waals surface area contributed by atoms with E-state index in [2.05, 4.69) is 0 Å². The van der Waals surface area contributed by atoms with Crippen molar-refractivity contribution in [3.05, 3.63) is 36.1 Å². The largest absolute Gasteiger partial charge is 0.493 e. The van der Waals surface area contributed by atoms with E-state index in [0.717, 1.165) is 6.42 Å². The highest BCUT2D eigenvalue weighted by atomic mass is 16.5. The van der Waals surface area contributed by atoms with Gasteiger partial charge in [0.05, 0.1) is 19.3 Å². The lowest BCUT2D eigenvalue weighted by Crippen LogP contribution is -2.07. The molecule has 1 aromatic rings. The third-order valence-corrected chi connectivity index (χ3v) is 2.19. The second-order valence-corrected chi connectivity index (χ2v) is 3.71. The van der Waals surface area contributed by atoms with Crippen LogP contribution in [0.5, 0.6) is 11.5 Å². The second-order valence-electron chi connectivity index (χ2n) is 3.71. The third kappa shape index (κ3) is 4.13. The van der Waals surface area contributed by atoms with Gasteiger partial charge in [0.2, 0.25) is 0 Å². The van der Waals surface area contributed by atoms with Crippen LogP contribution in [0, 0.1) is 0 Å². The van der Waals surface area contributed by atoms with Crippen LogP contribution < -0.4 is 9.47 Å². The molecule has 98 valence electrons. The van der Waals surface area contributed by atoms with E-state index in [1.165, 1.54) is 6.26 Å². The molecule has 1 rings (SSSR count). The number of para-hydroxylation sites is 2. The van der Waals surface area contributed by atoms with E-state index in [1.807, 2.05) is 19.1 Å². The second kappa shape index (κ2) is 7.37. The van der Waals surface area contributed by atoms with Gasteiger partial charge >= 0.3 is 5.97 Å². The van der Waals surface area contributed by atoms with E-state index in [0.29, 0.717) is 23.7 Å². The number of carbonyl (C=O) groups excluding carboxylic acids is 1. The Morgan fingerprint density at radius 3 is 2.56 bits per heavy atom. The van der Waals surface area contributed by atoms with E-state index in [-0.39, 0.29) is 5.97 Å². The SMILES string of the molecule is CCCOC(=O)C(C)=COc1ccccc1OC. The maximum Gasteiger partial charge on any atom is 0.336 e. The van der Waals surface area contributed by atoms with Crippen LogP contribution in [0.1, 0.15) is 20.3 Å². The summed E-state index contributed by atoms with van der Waals surface area (Å²) in [4.78, 5) is 11.5. The van der Waals surface area contributed by atoms with E-state index in [9.17, 15) is 4.79 Å². The van der Waals surface area contributed by atoms with Gasteiger partial charge in [0.25, 0.3) is 0 Å². The summed E-state index contributed by atoms with van der Waals surface area (Å²) < 4.78 is 15.5. The smallest absolute Gasteiger partial charge is 0.336 e. The van der Waals surface area contributed by atoms with Crippen LogP contribution >= 0.6 is 0 Å². The molecule has 0 aliphatic rings. The number of methoxy groups -OCH3 is 1. The summed E-state index contributed by atoms with van der Waals surface area (Å²) in [5.41, 5.74) is 0.411. The van der Waals surface area contributed by atoms with Crippen LogP contribution in [0.15, 0.2) is 36.1 Å². The number of ether oxygens (including phenoxy) is 3. The molecule has 0 fully saturated rings. The zero-order valence-electron chi connectivity index (χ0n) is 10.9. The molecule has 0 saturated carbocycles. The number of benzene rings is 1. The lowest BCUT2D eigenvalue weighted by molar-refractivity contribution is -0.139. The highest BCUT2D eigenvalue weighted by Gasteiger charge is 2.07. The van der Waals surface area contributed by atoms with E-state index >= 15 is 0 Å². The van der Waals surface area contributed by atoms with Crippen LogP contribution in [0.3, 0.4) is 0 Å². The average Bonchev–Trinajstić information content (AvgIpc) is 2.42. The predicted molar refractivity (Wildman–Crippen MR) is 68.6 cm³/mol. The molecule has 4 heteroatoms. The number of rotatable bonds is 6. The first kappa shape index (κ1) is 14.1. The van der Waals surface area contributed by atoms with Crippen molar-refractivity contribution in [2.75, 3.05) is 13.7 Å². The van der Waals surface area contributed by atoms with Gasteiger partial charge in [-0.2, -0.15) is 0 Å². The summed E-state index contributed by atoms with van der Waals surface area (Å²) in [7, 11) is 1.56. The molecule has 0 spiro atoms. The first-order chi connectivity index (χ1) is 8.69. The van der Waals surface area contributed by atoms with E-state index < -0.39 is 0 Å². The van der Waals surface area contributed by atoms with Crippen molar-refractivity contribution in [2.45, 2.75) is 20.3 Å². The monoisotopic (exact) mass is 250 g/mol. The van der Waals surface area contributed by atoms with Crippen molar-refractivity contribution < 1.29 is 19.0 Å². The van der Waals surface area contributed by atoms with Gasteiger partial charge in [0.1, 0.15) is 6.26 Å². The predicted octanol–water partition coefficient (Wildman–Crippen LogP) is 2.93. The molecule has 0 atom stereocenters. The fraction of sp³-hybridized carbons (Fsp3) is 0.357. The quantitative estimate of drug-likeness (QED) is 0.442. The van der Waals surface area contributed by atoms with Crippen molar-refractivity contribution in [3.8, 4) is 11.5 Å². The van der Waals surface area contributed by atoms with Crippen LogP contribution in [-0.2, 0) is 9.53 Å². The number of esters is 1. The minimum atomic E-state index is -0.369. The Hall–Kier alpha value is -1.97. The summed E-state index contributed by atoms with van der Waals surface area (Å²) in [5.74, 6) is 0.804. The van der Waals surface area contributed by atoms with Crippen molar-refractivity contribution in [1.82, 2.24) is 0 Å². The third-order valence-electron chi connectivity index (χ3n) is 2.19. The molecule has 0 aromatic heterocycles. The van der Waals surface area contributed by atoms with Crippen molar-refractivity contribution in [1.29, 1.82) is 0 Å². The van der Waals surface area contributed by atoms with Crippen LogP contribution in [0.4, 0.5) is 0 Å². The van der Waals surface area contributed by atoms with Gasteiger partial charge in [0, 0.05) is 0 Å². The average molecular weight is 250 g/mol. The summed E-state index contributed by atoms with van der Waals surface area (Å²) in [6.45, 7) is 4.00. The summed E-state index contributed by atoms with van der Waals surface area (Å²) in [5, 5.41) is 0. The van der Waals surface area contributed by atoms with E-state index in [1.54, 1.807) is 26.2 Å². The molecule has 0 aliphatic carbocycles. The molecule has 0 saturated heterocycles. The summed E-state index contributed by atoms with van der Waals surface area (Å²) >= 11 is 0. The number of hydrogen-bond acceptors (Lipinski definition) is 4. The highest BCUT2D eigenvalue weighted by molar-refractivity contribution is 5.87. The first-order valence-electron chi connectivity index (χ1n) is 5.82. The standard InChI is InChI=1S/C14H18O4/c1-4-9-17-14(15)11(2)10-18-13-8-6-5-7-12(13)16-3/h5-8,10H,4,9H2,1-3H3. The highest BCUT2D eigenvalue weighted by Crippen LogP contribution is 2.26. The van der Waals surface area contributed by atoms with Crippen molar-refractivity contribution in [2.24, 2.45) is 0 Å². The topological polar surface area (TPSA) is 44.8 Å². The Labute approximate surface area is 107 Å². The minimum Gasteiger partial charge on any atom is -0.493 e. The van der Waals surface area contributed by atoms with Gasteiger partial charge in [-0.05, 0) is 25.5 Å². The molecule has 0 unspecified atom stereocenters. The normalized spacial score (nSPS) is 10.9. The fourth-order valence-electron chi connectivity index (χ4n) is 1.22. The molecule has 0 amide bonds. The Balaban J connectivity index is 2.64. The lowest BCUT2D eigenvalue weighted by Gasteiger charge is -2.07. The van der Waals surface area contributed by atoms with Crippen LogP contribution in [-0.4, -0.2) is 19.7 Å². The molecule has 0 aliphatic heterocycles. The molecule has 0 radical (unpaired) electrons. The van der Waals surface area contributed by atoms with Gasteiger partial charge in [0.15, 0.2) is 11.5 Å². The zero-order chi connectivity index (χ0) is 13.4. The van der Waals surface area contributed by atoms with Crippen LogP contribution in [0.25, 0.3) is 0 Å². The number of carbonyl (C=O) groups is 1. The van der Waals surface area contributed by atoms with Gasteiger partial charge in [-0.25, -0.2) is 4.79 Å². The molecule has 18 heavy (non-hydrogen) atoms. The molecule has 0 bridgehead atoms. The first-order valence-corrected chi connectivity index (χ1v) is 5.82. The van der Waals surface area contributed by atoms with Crippen molar-refractivity contribution >= 4 is 5.97 Å². The Kier molecular flexibility index (Phi) is 5.77. The fourth-order valence-corrected chi connectivity index (χ4v) is 1.22. The maximum absolute atomic E-state index is 11.5. The zero-order valence-corrected chi connectivity index (χ0v) is 10.9. The van der Waals surface area contributed by atoms with Gasteiger partial charge < -0.3 is 14.2 Å². The van der Waals surface area contributed by atoms with Crippen molar-refractivity contribution in [3.63, 3.8) is 0 Å². The molecule has 0 heterocycles. The Bertz CT molecular complexity index is 424. The number of hydrogen-bond donors (Lipinski definition) is 0. The Morgan fingerprint density at radius 1 is 1.28 bits per heavy atom. The summed E-state index contributed by atoms with van der Waals surface area (Å²) in [6.07, 6.45) is 2.17. The minimum absolute atomic E-state index is 0.369. The van der Waals surface area contributed by atoms with Gasteiger partial charge in [-0.1, -0.05) is 19.1 Å². The molecular weight excluding hydrogens is 232 g/mol. The molecular formula is C14H18O4. The van der Waals surface area contributed by atoms with Gasteiger partial charge in [-0.15, -0.1) is 0 Å². The maximum atomic E-state index is 11.5. The molecule has 0 N–H and O–H groups in total.